The molecular weight excluding hydrogens is 176 g/mol. The molecule has 1 aromatic rings. The van der Waals surface area contributed by atoms with Crippen LogP contribution in [-0.4, -0.2) is 16.8 Å². The topological polar surface area (TPSA) is 37.9 Å². The van der Waals surface area contributed by atoms with Gasteiger partial charge in [-0.05, 0) is 32.1 Å². The largest absolute Gasteiger partial charge is 0.373 e. The molecule has 76 valence electrons. The van der Waals surface area contributed by atoms with Crippen LogP contribution in [0.5, 0.6) is 0 Å². The van der Waals surface area contributed by atoms with Gasteiger partial charge in [0.1, 0.15) is 0 Å². The van der Waals surface area contributed by atoms with E-state index in [1.807, 2.05) is 6.20 Å². The van der Waals surface area contributed by atoms with Crippen LogP contribution in [0.15, 0.2) is 6.20 Å². The summed E-state index contributed by atoms with van der Waals surface area (Å²) in [5.41, 5.74) is 2.67. The molecule has 3 heteroatoms. The minimum absolute atomic E-state index is 0.318. The summed E-state index contributed by atoms with van der Waals surface area (Å²) in [4.78, 5) is 0. The molecule has 3 nitrogen and oxygen atoms in total. The zero-order valence-electron chi connectivity index (χ0n) is 8.33. The van der Waals surface area contributed by atoms with E-state index in [2.05, 4.69) is 10.2 Å². The highest BCUT2D eigenvalue weighted by Gasteiger charge is 2.31. The van der Waals surface area contributed by atoms with Gasteiger partial charge in [-0.25, -0.2) is 0 Å². The van der Waals surface area contributed by atoms with Crippen molar-refractivity contribution in [2.45, 2.75) is 44.1 Å². The molecule has 1 N–H and O–H groups in total. The molecule has 0 amide bonds. The van der Waals surface area contributed by atoms with Crippen LogP contribution < -0.4 is 0 Å². The van der Waals surface area contributed by atoms with Crippen LogP contribution in [0.3, 0.4) is 0 Å². The van der Waals surface area contributed by atoms with Gasteiger partial charge in [0.15, 0.2) is 0 Å². The van der Waals surface area contributed by atoms with Crippen LogP contribution in [0.1, 0.15) is 55.4 Å². The second kappa shape index (κ2) is 3.39. The summed E-state index contributed by atoms with van der Waals surface area (Å²) in [6, 6.07) is 0. The van der Waals surface area contributed by atoms with E-state index in [9.17, 15) is 0 Å². The maximum absolute atomic E-state index is 5.78. The van der Waals surface area contributed by atoms with Crippen molar-refractivity contribution in [1.82, 2.24) is 10.2 Å². The third-order valence-corrected chi connectivity index (χ3v) is 3.21. The minimum Gasteiger partial charge on any atom is -0.373 e. The average molecular weight is 192 g/mol. The Morgan fingerprint density at radius 1 is 1.29 bits per heavy atom. The number of aromatic amines is 1. The molecule has 14 heavy (non-hydrogen) atoms. The van der Waals surface area contributed by atoms with Crippen molar-refractivity contribution in [1.29, 1.82) is 0 Å². The number of nitrogens with zero attached hydrogens (tertiary/aromatic N) is 1. The first-order chi connectivity index (χ1) is 6.95. The lowest BCUT2D eigenvalue weighted by Crippen LogP contribution is -2.12. The molecule has 1 atom stereocenters. The Morgan fingerprint density at radius 3 is 2.93 bits per heavy atom. The highest BCUT2D eigenvalue weighted by atomic mass is 16.5. The second-order valence-corrected chi connectivity index (χ2v) is 4.37. The Kier molecular flexibility index (Phi) is 2.05. The summed E-state index contributed by atoms with van der Waals surface area (Å²) < 4.78 is 5.78. The van der Waals surface area contributed by atoms with Crippen LogP contribution in [0.4, 0.5) is 0 Å². The predicted octanol–water partition coefficient (Wildman–Crippen LogP) is 2.53. The summed E-state index contributed by atoms with van der Waals surface area (Å²) in [6.07, 6.45) is 8.60. The predicted molar refractivity (Wildman–Crippen MR) is 53.1 cm³/mol. The van der Waals surface area contributed by atoms with Crippen LogP contribution in [0.25, 0.3) is 0 Å². The lowest BCUT2D eigenvalue weighted by atomic mass is 10.0. The number of rotatable bonds is 2. The first-order valence-electron chi connectivity index (χ1n) is 5.60. The summed E-state index contributed by atoms with van der Waals surface area (Å²) in [5, 5.41) is 7.29. The maximum Gasteiger partial charge on any atom is 0.0858 e. The molecule has 0 unspecified atom stereocenters. The molecule has 1 aliphatic carbocycles. The Labute approximate surface area is 83.9 Å². The lowest BCUT2D eigenvalue weighted by molar-refractivity contribution is 0.0144. The van der Waals surface area contributed by atoms with Crippen LogP contribution in [-0.2, 0) is 4.74 Å². The van der Waals surface area contributed by atoms with Crippen molar-refractivity contribution in [3.05, 3.63) is 17.5 Å². The summed E-state index contributed by atoms with van der Waals surface area (Å²) >= 11 is 0. The number of H-pyrrole nitrogens is 1. The van der Waals surface area contributed by atoms with Crippen molar-refractivity contribution in [2.75, 3.05) is 6.61 Å². The smallest absolute Gasteiger partial charge is 0.0858 e. The van der Waals surface area contributed by atoms with Gasteiger partial charge >= 0.3 is 0 Å². The molecule has 0 spiro atoms. The first-order valence-corrected chi connectivity index (χ1v) is 5.60. The Hall–Kier alpha value is -0.830. The highest BCUT2D eigenvalue weighted by molar-refractivity contribution is 5.26. The summed E-state index contributed by atoms with van der Waals surface area (Å²) in [7, 11) is 0. The fourth-order valence-electron chi connectivity index (χ4n) is 2.25. The average Bonchev–Trinajstić information content (AvgIpc) is 2.98. The quantitative estimate of drug-likeness (QED) is 0.781. The normalized spacial score (nSPS) is 27.9. The van der Waals surface area contributed by atoms with Crippen LogP contribution in [0, 0.1) is 0 Å². The Morgan fingerprint density at radius 2 is 2.21 bits per heavy atom. The van der Waals surface area contributed by atoms with E-state index in [0.717, 1.165) is 12.5 Å². The fourth-order valence-corrected chi connectivity index (χ4v) is 2.25. The zero-order chi connectivity index (χ0) is 9.38. The Bertz CT molecular complexity index is 311. The van der Waals surface area contributed by atoms with Gasteiger partial charge in [-0.15, -0.1) is 0 Å². The molecule has 2 aliphatic rings. The standard InChI is InChI=1S/C11H16N2O/c1-2-6-14-10(3-1)9-7-12-13-11(9)8-4-5-8/h7-8,10H,1-6H2,(H,12,13)/t10-/m1/s1. The van der Waals surface area contributed by atoms with Gasteiger partial charge in [-0.3, -0.25) is 5.10 Å². The van der Waals surface area contributed by atoms with Crippen LogP contribution in [0.2, 0.25) is 0 Å². The Balaban J connectivity index is 1.82. The molecule has 1 aliphatic heterocycles. The summed E-state index contributed by atoms with van der Waals surface area (Å²) in [5.74, 6) is 0.748. The SMILES string of the molecule is c1n[nH]c(C2CC2)c1[C@H]1CCCCO1. The molecule has 2 heterocycles. The third-order valence-electron chi connectivity index (χ3n) is 3.21. The van der Waals surface area contributed by atoms with Crippen molar-refractivity contribution in [3.63, 3.8) is 0 Å². The lowest BCUT2D eigenvalue weighted by Gasteiger charge is -2.22. The fraction of sp³-hybridized carbons (Fsp3) is 0.727. The van der Waals surface area contributed by atoms with E-state index in [1.165, 1.54) is 43.4 Å². The van der Waals surface area contributed by atoms with Gasteiger partial charge in [-0.2, -0.15) is 5.10 Å². The van der Waals surface area contributed by atoms with Gasteiger partial charge in [-0.1, -0.05) is 0 Å². The monoisotopic (exact) mass is 192 g/mol. The van der Waals surface area contributed by atoms with Gasteiger partial charge < -0.3 is 4.74 Å². The van der Waals surface area contributed by atoms with Crippen molar-refractivity contribution in [3.8, 4) is 0 Å². The van der Waals surface area contributed by atoms with Crippen LogP contribution >= 0.6 is 0 Å². The van der Waals surface area contributed by atoms with E-state index in [1.54, 1.807) is 0 Å². The van der Waals surface area contributed by atoms with Gasteiger partial charge in [0.2, 0.25) is 0 Å². The van der Waals surface area contributed by atoms with Crippen molar-refractivity contribution in [2.24, 2.45) is 0 Å². The number of hydrogen-bond acceptors (Lipinski definition) is 2. The molecule has 0 radical (unpaired) electrons. The van der Waals surface area contributed by atoms with E-state index >= 15 is 0 Å². The summed E-state index contributed by atoms with van der Waals surface area (Å²) in [6.45, 7) is 0.917. The van der Waals surface area contributed by atoms with E-state index in [4.69, 9.17) is 4.74 Å². The molecule has 1 aromatic heterocycles. The van der Waals surface area contributed by atoms with E-state index in [-0.39, 0.29) is 0 Å². The zero-order valence-corrected chi connectivity index (χ0v) is 8.33. The van der Waals surface area contributed by atoms with E-state index in [0.29, 0.717) is 6.10 Å². The number of ether oxygens (including phenoxy) is 1. The van der Waals surface area contributed by atoms with Crippen molar-refractivity contribution >= 4 is 0 Å². The third kappa shape index (κ3) is 1.46. The molecule has 3 rings (SSSR count). The second-order valence-electron chi connectivity index (χ2n) is 4.37. The number of nitrogens with one attached hydrogen (secondary N) is 1. The van der Waals surface area contributed by atoms with Gasteiger partial charge in [0, 0.05) is 23.8 Å². The van der Waals surface area contributed by atoms with E-state index < -0.39 is 0 Å². The first kappa shape index (κ1) is 8.48. The van der Waals surface area contributed by atoms with Gasteiger partial charge in [0.05, 0.1) is 12.3 Å². The molecular formula is C11H16N2O. The van der Waals surface area contributed by atoms with Crippen molar-refractivity contribution < 1.29 is 4.74 Å². The number of aromatic nitrogens is 2. The highest BCUT2D eigenvalue weighted by Crippen LogP contribution is 2.43. The van der Waals surface area contributed by atoms with Gasteiger partial charge in [0.25, 0.3) is 0 Å². The molecule has 1 saturated heterocycles. The molecule has 2 fully saturated rings. The molecule has 0 aromatic carbocycles. The molecule has 0 bridgehead atoms. The minimum atomic E-state index is 0.318. The maximum atomic E-state index is 5.78. The number of hydrogen-bond donors (Lipinski definition) is 1. The molecule has 1 saturated carbocycles.